The number of hydrogen-bond acceptors (Lipinski definition) is 3. The van der Waals surface area contributed by atoms with Gasteiger partial charge in [0.2, 0.25) is 11.8 Å². The van der Waals surface area contributed by atoms with Gasteiger partial charge in [-0.3, -0.25) is 9.59 Å². The van der Waals surface area contributed by atoms with Gasteiger partial charge in [0.05, 0.1) is 4.90 Å². The quantitative estimate of drug-likeness (QED) is 0.682. The van der Waals surface area contributed by atoms with Crippen molar-refractivity contribution in [2.45, 2.75) is 62.8 Å². The van der Waals surface area contributed by atoms with Gasteiger partial charge >= 0.3 is 0 Å². The zero-order valence-corrected chi connectivity index (χ0v) is 18.9. The molecular weight excluding hydrogens is 410 g/mol. The fourth-order valence-electron chi connectivity index (χ4n) is 4.28. The Morgan fingerprint density at radius 3 is 2.39 bits per heavy atom. The minimum Gasteiger partial charge on any atom is -0.343 e. The second kappa shape index (κ2) is 9.92. The number of carbonyl (C=O) groups is 2. The van der Waals surface area contributed by atoms with Crippen LogP contribution in [0.1, 0.15) is 51.9 Å². The van der Waals surface area contributed by atoms with Crippen LogP contribution in [0.5, 0.6) is 0 Å². The van der Waals surface area contributed by atoms with Crippen LogP contribution in [0.4, 0.5) is 5.69 Å². The van der Waals surface area contributed by atoms with E-state index < -0.39 is 11.0 Å². The molecule has 166 valence electrons. The minimum absolute atomic E-state index is 0.0766. The third kappa shape index (κ3) is 4.99. The Bertz CT molecular complexity index is 981. The predicted octanol–water partition coefficient (Wildman–Crippen LogP) is 3.98. The average molecular weight is 442 g/mol. The van der Waals surface area contributed by atoms with E-state index >= 15 is 0 Å². The summed E-state index contributed by atoms with van der Waals surface area (Å²) in [5.74, 6) is 0.407. The maximum absolute atomic E-state index is 13.2. The van der Waals surface area contributed by atoms with Gasteiger partial charge in [-0.2, -0.15) is 0 Å². The molecule has 1 unspecified atom stereocenters. The summed E-state index contributed by atoms with van der Waals surface area (Å²) in [6.45, 7) is 3.44. The van der Waals surface area contributed by atoms with Crippen LogP contribution in [0.2, 0.25) is 0 Å². The van der Waals surface area contributed by atoms with Gasteiger partial charge in [-0.05, 0) is 44.2 Å². The van der Waals surface area contributed by atoms with E-state index in [0.717, 1.165) is 59.9 Å². The second-order valence-electron chi connectivity index (χ2n) is 8.57. The van der Waals surface area contributed by atoms with E-state index in [1.807, 2.05) is 48.2 Å². The first-order valence-electron chi connectivity index (χ1n) is 11.3. The first kappa shape index (κ1) is 22.0. The number of amides is 2. The molecule has 0 spiro atoms. The van der Waals surface area contributed by atoms with Crippen molar-refractivity contribution in [1.29, 1.82) is 0 Å². The fourth-order valence-corrected chi connectivity index (χ4v) is 5.52. The third-order valence-electron chi connectivity index (χ3n) is 6.40. The number of nitrogens with zero attached hydrogens (tertiary/aromatic N) is 1. The van der Waals surface area contributed by atoms with Gasteiger partial charge in [0.1, 0.15) is 11.0 Å². The number of anilines is 1. The van der Waals surface area contributed by atoms with Crippen LogP contribution in [0.3, 0.4) is 0 Å². The molecule has 6 nitrogen and oxygen atoms in total. The Morgan fingerprint density at radius 2 is 1.74 bits per heavy atom. The highest BCUT2D eigenvalue weighted by molar-refractivity contribution is 7.83. The Balaban J connectivity index is 1.44. The summed E-state index contributed by atoms with van der Waals surface area (Å²) >= 11 is 0. The number of carbonyl (C=O) groups excluding carboxylic acids is 2. The Labute approximate surface area is 186 Å². The maximum Gasteiger partial charge on any atom is 0.227 e. The molecule has 2 amide bonds. The Hall–Kier alpha value is -2.25. The predicted molar refractivity (Wildman–Crippen MR) is 124 cm³/mol. The topological polar surface area (TPSA) is 78.5 Å². The molecule has 2 aliphatic rings. The number of rotatable bonds is 7. The van der Waals surface area contributed by atoms with Crippen LogP contribution in [0.25, 0.3) is 10.8 Å². The molecule has 4 rings (SSSR count). The molecule has 2 aromatic carbocycles. The van der Waals surface area contributed by atoms with Gasteiger partial charge < -0.3 is 10.2 Å². The molecule has 0 bridgehead atoms. The van der Waals surface area contributed by atoms with Crippen molar-refractivity contribution >= 4 is 39.3 Å². The highest BCUT2D eigenvalue weighted by atomic mass is 32.2. The zero-order valence-electron chi connectivity index (χ0n) is 18.1. The summed E-state index contributed by atoms with van der Waals surface area (Å²) < 4.78 is 16.4. The lowest BCUT2D eigenvalue weighted by Crippen LogP contribution is -2.45. The van der Waals surface area contributed by atoms with Crippen molar-refractivity contribution in [2.24, 2.45) is 5.92 Å². The number of likely N-dealkylation sites (tertiary alicyclic amines) is 1. The molecule has 1 saturated carbocycles. The molecule has 2 aromatic rings. The van der Waals surface area contributed by atoms with Gasteiger partial charge in [-0.15, -0.1) is 0 Å². The van der Waals surface area contributed by atoms with Crippen molar-refractivity contribution in [2.75, 3.05) is 18.4 Å². The molecule has 1 atom stereocenters. The van der Waals surface area contributed by atoms with Crippen molar-refractivity contribution in [1.82, 2.24) is 9.62 Å². The fraction of sp³-hybridized carbons (Fsp3) is 0.500. The summed E-state index contributed by atoms with van der Waals surface area (Å²) in [5.41, 5.74) is 0.774. The standard InChI is InChI=1S/C24H31N3O3S/c1-2-6-23(28)27-15-13-18(14-16-27)26-31(30)22-12-11-21(19-9-3-4-10-20(19)22)25-24(29)17-7-5-8-17/h3-4,9-12,17-18,26H,2,5-8,13-16H2,1H3,(H,25,29). The normalized spacial score (nSPS) is 18.5. The summed E-state index contributed by atoms with van der Waals surface area (Å²) in [4.78, 5) is 27.1. The van der Waals surface area contributed by atoms with E-state index in [9.17, 15) is 13.8 Å². The Morgan fingerprint density at radius 1 is 1.03 bits per heavy atom. The van der Waals surface area contributed by atoms with E-state index in [1.165, 1.54) is 0 Å². The molecule has 1 saturated heterocycles. The molecular formula is C24H31N3O3S. The van der Waals surface area contributed by atoms with Crippen molar-refractivity contribution in [3.05, 3.63) is 36.4 Å². The molecule has 1 aliphatic carbocycles. The van der Waals surface area contributed by atoms with E-state index in [-0.39, 0.29) is 23.8 Å². The minimum atomic E-state index is -1.37. The van der Waals surface area contributed by atoms with Crippen LogP contribution in [-0.2, 0) is 20.6 Å². The molecule has 7 heteroatoms. The van der Waals surface area contributed by atoms with Crippen LogP contribution >= 0.6 is 0 Å². The maximum atomic E-state index is 13.2. The van der Waals surface area contributed by atoms with E-state index in [0.29, 0.717) is 19.5 Å². The van der Waals surface area contributed by atoms with Crippen LogP contribution in [-0.4, -0.2) is 40.1 Å². The summed E-state index contributed by atoms with van der Waals surface area (Å²) in [5, 5.41) is 4.85. The number of hydrogen-bond donors (Lipinski definition) is 2. The van der Waals surface area contributed by atoms with Gasteiger partial charge in [-0.1, -0.05) is 37.6 Å². The number of fused-ring (bicyclic) bond motifs is 1. The SMILES string of the molecule is CCCC(=O)N1CCC(NS(=O)c2ccc(NC(=O)C3CCC3)c3ccccc23)CC1. The summed E-state index contributed by atoms with van der Waals surface area (Å²) in [6.07, 6.45) is 6.10. The molecule has 1 heterocycles. The molecule has 2 N–H and O–H groups in total. The summed E-state index contributed by atoms with van der Waals surface area (Å²) in [7, 11) is -1.37. The number of piperidine rings is 1. The lowest BCUT2D eigenvalue weighted by molar-refractivity contribution is -0.132. The molecule has 2 fully saturated rings. The van der Waals surface area contributed by atoms with E-state index in [2.05, 4.69) is 10.0 Å². The molecule has 1 aliphatic heterocycles. The van der Waals surface area contributed by atoms with Crippen LogP contribution in [0, 0.1) is 5.92 Å². The third-order valence-corrected chi connectivity index (χ3v) is 7.71. The lowest BCUT2D eigenvalue weighted by atomic mass is 9.85. The number of nitrogens with one attached hydrogen (secondary N) is 2. The second-order valence-corrected chi connectivity index (χ2v) is 9.78. The Kier molecular flexibility index (Phi) is 7.02. The first-order chi connectivity index (χ1) is 15.1. The highest BCUT2D eigenvalue weighted by Crippen LogP contribution is 2.32. The van der Waals surface area contributed by atoms with Crippen LogP contribution < -0.4 is 10.0 Å². The van der Waals surface area contributed by atoms with Gasteiger partial charge in [0, 0.05) is 47.9 Å². The molecule has 0 aromatic heterocycles. The van der Waals surface area contributed by atoms with Gasteiger partial charge in [-0.25, -0.2) is 8.93 Å². The average Bonchev–Trinajstić information content (AvgIpc) is 2.73. The van der Waals surface area contributed by atoms with Crippen molar-refractivity contribution < 1.29 is 13.8 Å². The zero-order chi connectivity index (χ0) is 21.8. The van der Waals surface area contributed by atoms with Gasteiger partial charge in [0.25, 0.3) is 0 Å². The van der Waals surface area contributed by atoms with Gasteiger partial charge in [0.15, 0.2) is 0 Å². The largest absolute Gasteiger partial charge is 0.343 e. The smallest absolute Gasteiger partial charge is 0.227 e. The highest BCUT2D eigenvalue weighted by Gasteiger charge is 2.26. The summed E-state index contributed by atoms with van der Waals surface area (Å²) in [6, 6.07) is 11.6. The molecule has 31 heavy (non-hydrogen) atoms. The lowest BCUT2D eigenvalue weighted by Gasteiger charge is -2.32. The molecule has 0 radical (unpaired) electrons. The monoisotopic (exact) mass is 441 g/mol. The first-order valence-corrected chi connectivity index (χ1v) is 12.5. The number of benzene rings is 2. The van der Waals surface area contributed by atoms with Crippen molar-refractivity contribution in [3.63, 3.8) is 0 Å². The van der Waals surface area contributed by atoms with E-state index in [4.69, 9.17) is 0 Å². The van der Waals surface area contributed by atoms with Crippen LogP contribution in [0.15, 0.2) is 41.3 Å². The van der Waals surface area contributed by atoms with Crippen molar-refractivity contribution in [3.8, 4) is 0 Å². The van der Waals surface area contributed by atoms with E-state index in [1.54, 1.807) is 0 Å².